The summed E-state index contributed by atoms with van der Waals surface area (Å²) in [5.41, 5.74) is 2.78. The zero-order valence-corrected chi connectivity index (χ0v) is 15.0. The Labute approximate surface area is 147 Å². The molecular formula is C17H21N3O4S. The second kappa shape index (κ2) is 6.97. The van der Waals surface area contributed by atoms with Gasteiger partial charge >= 0.3 is 0 Å². The summed E-state index contributed by atoms with van der Waals surface area (Å²) in [4.78, 5) is 12.5. The number of carbonyl (C=O) groups is 1. The lowest BCUT2D eigenvalue weighted by Crippen LogP contribution is -2.40. The lowest BCUT2D eigenvalue weighted by Gasteiger charge is -2.29. The molecule has 1 aromatic carbocycles. The van der Waals surface area contributed by atoms with Gasteiger partial charge in [0.05, 0.1) is 18.0 Å². The third kappa shape index (κ3) is 4.08. The van der Waals surface area contributed by atoms with Crippen LogP contribution in [0.3, 0.4) is 0 Å². The molecule has 2 aromatic rings. The van der Waals surface area contributed by atoms with E-state index < -0.39 is 10.0 Å². The first-order chi connectivity index (χ1) is 11.8. The number of nitrogens with one attached hydrogen (secondary N) is 1. The fourth-order valence-electron chi connectivity index (χ4n) is 2.93. The highest BCUT2D eigenvalue weighted by Gasteiger charge is 2.29. The highest BCUT2D eigenvalue weighted by molar-refractivity contribution is 7.88. The number of aromatic nitrogens is 1. The minimum absolute atomic E-state index is 0.168. The molecular weight excluding hydrogens is 342 g/mol. The number of anilines is 1. The summed E-state index contributed by atoms with van der Waals surface area (Å²) in [6.45, 7) is 2.72. The Bertz CT molecular complexity index is 850. The molecule has 1 amide bonds. The maximum absolute atomic E-state index is 12.5. The van der Waals surface area contributed by atoms with Crippen LogP contribution in [-0.2, 0) is 14.8 Å². The van der Waals surface area contributed by atoms with Crippen LogP contribution in [0.4, 0.5) is 5.88 Å². The van der Waals surface area contributed by atoms with Gasteiger partial charge in [-0.25, -0.2) is 12.7 Å². The van der Waals surface area contributed by atoms with Gasteiger partial charge in [-0.2, -0.15) is 0 Å². The topological polar surface area (TPSA) is 92.5 Å². The zero-order chi connectivity index (χ0) is 18.0. The predicted molar refractivity (Wildman–Crippen MR) is 94.4 cm³/mol. The number of rotatable bonds is 4. The molecule has 134 valence electrons. The minimum atomic E-state index is -3.20. The standard InChI is InChI=1S/C17H21N3O4S/c1-12-3-5-13(6-4-12)15-11-18-24-17(15)19-16(21)14-7-9-20(10-8-14)25(2,22)23/h3-6,11,14H,7-10H2,1-2H3,(H,19,21). The van der Waals surface area contributed by atoms with E-state index in [1.807, 2.05) is 31.2 Å². The number of sulfonamides is 1. The van der Waals surface area contributed by atoms with E-state index in [-0.39, 0.29) is 11.8 Å². The van der Waals surface area contributed by atoms with E-state index in [1.165, 1.54) is 10.6 Å². The number of hydrogen-bond acceptors (Lipinski definition) is 5. The van der Waals surface area contributed by atoms with Gasteiger partial charge in [0.15, 0.2) is 0 Å². The van der Waals surface area contributed by atoms with E-state index in [0.29, 0.717) is 31.8 Å². The third-order valence-corrected chi connectivity index (χ3v) is 5.77. The molecule has 1 saturated heterocycles. The molecule has 1 aliphatic rings. The van der Waals surface area contributed by atoms with Crippen LogP contribution in [0.15, 0.2) is 35.0 Å². The van der Waals surface area contributed by atoms with Gasteiger partial charge in [0.2, 0.25) is 21.8 Å². The van der Waals surface area contributed by atoms with Crippen molar-refractivity contribution >= 4 is 21.8 Å². The molecule has 0 spiro atoms. The smallest absolute Gasteiger partial charge is 0.239 e. The summed E-state index contributed by atoms with van der Waals surface area (Å²) >= 11 is 0. The predicted octanol–water partition coefficient (Wildman–Crippen LogP) is 2.26. The molecule has 1 N–H and O–H groups in total. The number of hydrogen-bond donors (Lipinski definition) is 1. The molecule has 0 aliphatic carbocycles. The highest BCUT2D eigenvalue weighted by atomic mass is 32.2. The molecule has 0 radical (unpaired) electrons. The molecule has 1 aliphatic heterocycles. The first kappa shape index (κ1) is 17.6. The third-order valence-electron chi connectivity index (χ3n) is 4.46. The van der Waals surface area contributed by atoms with Crippen molar-refractivity contribution in [1.29, 1.82) is 0 Å². The fourth-order valence-corrected chi connectivity index (χ4v) is 3.81. The van der Waals surface area contributed by atoms with Crippen LogP contribution in [-0.4, -0.2) is 43.1 Å². The highest BCUT2D eigenvalue weighted by Crippen LogP contribution is 2.29. The summed E-state index contributed by atoms with van der Waals surface area (Å²) in [6, 6.07) is 7.86. The van der Waals surface area contributed by atoms with Crippen molar-refractivity contribution in [2.75, 3.05) is 24.7 Å². The number of amides is 1. The SMILES string of the molecule is Cc1ccc(-c2cnoc2NC(=O)C2CCN(S(C)(=O)=O)CC2)cc1. The summed E-state index contributed by atoms with van der Waals surface area (Å²) in [5, 5.41) is 6.58. The van der Waals surface area contributed by atoms with Crippen molar-refractivity contribution < 1.29 is 17.7 Å². The first-order valence-corrected chi connectivity index (χ1v) is 9.97. The Hall–Kier alpha value is -2.19. The Kier molecular flexibility index (Phi) is 4.91. The van der Waals surface area contributed by atoms with Gasteiger partial charge < -0.3 is 4.52 Å². The molecule has 25 heavy (non-hydrogen) atoms. The number of nitrogens with zero attached hydrogens (tertiary/aromatic N) is 2. The van der Waals surface area contributed by atoms with E-state index in [2.05, 4.69) is 10.5 Å². The molecule has 2 heterocycles. The van der Waals surface area contributed by atoms with Crippen LogP contribution >= 0.6 is 0 Å². The number of piperidine rings is 1. The monoisotopic (exact) mass is 363 g/mol. The van der Waals surface area contributed by atoms with Crippen LogP contribution in [0.5, 0.6) is 0 Å². The van der Waals surface area contributed by atoms with Crippen molar-refractivity contribution in [3.8, 4) is 11.1 Å². The van der Waals surface area contributed by atoms with Crippen molar-refractivity contribution in [2.45, 2.75) is 19.8 Å². The Morgan fingerprint density at radius 1 is 1.24 bits per heavy atom. The van der Waals surface area contributed by atoms with Gasteiger partial charge in [0.25, 0.3) is 0 Å². The van der Waals surface area contributed by atoms with E-state index in [0.717, 1.165) is 16.7 Å². The van der Waals surface area contributed by atoms with Gasteiger partial charge in [0, 0.05) is 19.0 Å². The second-order valence-corrected chi connectivity index (χ2v) is 8.34. The van der Waals surface area contributed by atoms with Crippen LogP contribution < -0.4 is 5.32 Å². The Morgan fingerprint density at radius 3 is 2.48 bits per heavy atom. The van der Waals surface area contributed by atoms with Crippen molar-refractivity contribution in [3.63, 3.8) is 0 Å². The summed E-state index contributed by atoms with van der Waals surface area (Å²) < 4.78 is 29.7. The molecule has 1 aromatic heterocycles. The van der Waals surface area contributed by atoms with Gasteiger partial charge in [0.1, 0.15) is 0 Å². The number of aryl methyl sites for hydroxylation is 1. The quantitative estimate of drug-likeness (QED) is 0.899. The van der Waals surface area contributed by atoms with Crippen LogP contribution in [0.25, 0.3) is 11.1 Å². The van der Waals surface area contributed by atoms with E-state index >= 15 is 0 Å². The van der Waals surface area contributed by atoms with Gasteiger partial charge in [-0.15, -0.1) is 0 Å². The Morgan fingerprint density at radius 2 is 1.88 bits per heavy atom. The molecule has 8 heteroatoms. The van der Waals surface area contributed by atoms with Crippen LogP contribution in [0, 0.1) is 12.8 Å². The molecule has 0 unspecified atom stereocenters. The lowest BCUT2D eigenvalue weighted by molar-refractivity contribution is -0.121. The van der Waals surface area contributed by atoms with Crippen molar-refractivity contribution in [3.05, 3.63) is 36.0 Å². The molecule has 7 nitrogen and oxygen atoms in total. The van der Waals surface area contributed by atoms with Crippen LogP contribution in [0.1, 0.15) is 18.4 Å². The van der Waals surface area contributed by atoms with Gasteiger partial charge in [-0.05, 0) is 25.3 Å². The first-order valence-electron chi connectivity index (χ1n) is 8.12. The fraction of sp³-hybridized carbons (Fsp3) is 0.412. The summed E-state index contributed by atoms with van der Waals surface area (Å²) in [7, 11) is -3.20. The van der Waals surface area contributed by atoms with Gasteiger partial charge in [-0.3, -0.25) is 10.1 Å². The summed E-state index contributed by atoms with van der Waals surface area (Å²) in [5.74, 6) is -0.0911. The molecule has 0 bridgehead atoms. The van der Waals surface area contributed by atoms with Crippen molar-refractivity contribution in [2.24, 2.45) is 5.92 Å². The maximum Gasteiger partial charge on any atom is 0.239 e. The van der Waals surface area contributed by atoms with Gasteiger partial charge in [-0.1, -0.05) is 35.0 Å². The second-order valence-electron chi connectivity index (χ2n) is 6.36. The van der Waals surface area contributed by atoms with E-state index in [1.54, 1.807) is 6.20 Å². The molecule has 0 saturated carbocycles. The van der Waals surface area contributed by atoms with E-state index in [9.17, 15) is 13.2 Å². The lowest BCUT2D eigenvalue weighted by atomic mass is 9.97. The average molecular weight is 363 g/mol. The Balaban J connectivity index is 1.67. The minimum Gasteiger partial charge on any atom is -0.338 e. The van der Waals surface area contributed by atoms with Crippen LogP contribution in [0.2, 0.25) is 0 Å². The molecule has 1 fully saturated rings. The number of benzene rings is 1. The largest absolute Gasteiger partial charge is 0.338 e. The normalized spacial score (nSPS) is 16.7. The molecule has 0 atom stereocenters. The maximum atomic E-state index is 12.5. The zero-order valence-electron chi connectivity index (χ0n) is 14.2. The molecule has 3 rings (SSSR count). The summed E-state index contributed by atoms with van der Waals surface area (Å²) in [6.07, 6.45) is 3.75. The van der Waals surface area contributed by atoms with E-state index in [4.69, 9.17) is 4.52 Å². The number of carbonyl (C=O) groups excluding carboxylic acids is 1. The van der Waals surface area contributed by atoms with Crippen molar-refractivity contribution in [1.82, 2.24) is 9.46 Å². The average Bonchev–Trinajstić information content (AvgIpc) is 3.03.